The lowest BCUT2D eigenvalue weighted by molar-refractivity contribution is -0.119. The number of carbonyl (C=O) groups is 2. The molecule has 4 heteroatoms. The molecule has 3 rings (SSSR count). The number of unbranched alkanes of at least 4 members (excludes halogenated alkanes) is 3. The maximum absolute atomic E-state index is 12.1. The highest BCUT2D eigenvalue weighted by atomic mass is 16.1. The molecule has 2 N–H and O–H groups in total. The van der Waals surface area contributed by atoms with Crippen LogP contribution < -0.4 is 5.73 Å². The van der Waals surface area contributed by atoms with Gasteiger partial charge in [0.1, 0.15) is 0 Å². The number of piperidine rings is 1. The van der Waals surface area contributed by atoms with E-state index in [0.717, 1.165) is 43.6 Å². The van der Waals surface area contributed by atoms with Crippen LogP contribution in [0.2, 0.25) is 0 Å². The minimum absolute atomic E-state index is 0.233. The fraction of sp³-hybridized carbons (Fsp3) is 0.481. The summed E-state index contributed by atoms with van der Waals surface area (Å²) in [5.41, 5.74) is 8.67. The first-order chi connectivity index (χ1) is 15.0. The van der Waals surface area contributed by atoms with Gasteiger partial charge in [-0.3, -0.25) is 9.59 Å². The second kappa shape index (κ2) is 11.8. The molecule has 166 valence electrons. The Balaban J connectivity index is 1.31. The zero-order valence-electron chi connectivity index (χ0n) is 18.8. The van der Waals surface area contributed by atoms with Crippen molar-refractivity contribution in [3.05, 3.63) is 71.3 Å². The highest BCUT2D eigenvalue weighted by Crippen LogP contribution is 2.30. The van der Waals surface area contributed by atoms with Gasteiger partial charge in [0.15, 0.2) is 5.78 Å². The van der Waals surface area contributed by atoms with Crippen molar-refractivity contribution in [2.24, 2.45) is 5.73 Å². The summed E-state index contributed by atoms with van der Waals surface area (Å²) in [6.45, 7) is 5.29. The number of primary amides is 1. The number of hydrogen-bond donors (Lipinski definition) is 1. The smallest absolute Gasteiger partial charge is 0.224 e. The minimum Gasteiger partial charge on any atom is -0.369 e. The maximum Gasteiger partial charge on any atom is 0.224 e. The van der Waals surface area contributed by atoms with E-state index in [0.29, 0.717) is 12.3 Å². The second-order valence-corrected chi connectivity index (χ2v) is 8.86. The fourth-order valence-electron chi connectivity index (χ4n) is 4.48. The minimum atomic E-state index is -0.267. The fourth-order valence-corrected chi connectivity index (χ4v) is 4.48. The van der Waals surface area contributed by atoms with E-state index in [1.807, 2.05) is 43.3 Å². The number of rotatable bonds is 11. The zero-order valence-corrected chi connectivity index (χ0v) is 18.8. The summed E-state index contributed by atoms with van der Waals surface area (Å²) < 4.78 is 0. The van der Waals surface area contributed by atoms with Gasteiger partial charge in [-0.15, -0.1) is 0 Å². The first-order valence-electron chi connectivity index (χ1n) is 11.7. The molecule has 0 aliphatic carbocycles. The Bertz CT molecular complexity index is 841. The molecular weight excluding hydrogens is 384 g/mol. The molecule has 1 aliphatic rings. The SMILES string of the molecule is CC(C(N)=O)c1cccc(C2CCN(CCCCCCC(=O)c3ccccc3)CC2)c1. The number of ketones is 1. The van der Waals surface area contributed by atoms with Crippen molar-refractivity contribution in [3.63, 3.8) is 0 Å². The number of nitrogens with two attached hydrogens (primary N) is 1. The van der Waals surface area contributed by atoms with E-state index in [2.05, 4.69) is 23.1 Å². The Morgan fingerprint density at radius 2 is 1.68 bits per heavy atom. The first-order valence-corrected chi connectivity index (χ1v) is 11.7. The van der Waals surface area contributed by atoms with Gasteiger partial charge in [0.2, 0.25) is 5.91 Å². The van der Waals surface area contributed by atoms with E-state index in [9.17, 15) is 9.59 Å². The monoisotopic (exact) mass is 420 g/mol. The van der Waals surface area contributed by atoms with Crippen LogP contribution in [0, 0.1) is 0 Å². The molecule has 1 heterocycles. The van der Waals surface area contributed by atoms with E-state index in [4.69, 9.17) is 5.73 Å². The van der Waals surface area contributed by atoms with Crippen molar-refractivity contribution in [1.82, 2.24) is 4.90 Å². The summed E-state index contributed by atoms with van der Waals surface area (Å²) in [5, 5.41) is 0. The lowest BCUT2D eigenvalue weighted by atomic mass is 9.87. The van der Waals surface area contributed by atoms with Crippen LogP contribution in [0.3, 0.4) is 0 Å². The van der Waals surface area contributed by atoms with E-state index < -0.39 is 0 Å². The van der Waals surface area contributed by atoms with Crippen LogP contribution in [-0.4, -0.2) is 36.2 Å². The summed E-state index contributed by atoms with van der Waals surface area (Å²) in [5.74, 6) is 0.330. The van der Waals surface area contributed by atoms with Crippen LogP contribution in [0.15, 0.2) is 54.6 Å². The molecule has 1 atom stereocenters. The van der Waals surface area contributed by atoms with Gasteiger partial charge in [0.25, 0.3) is 0 Å². The van der Waals surface area contributed by atoms with Crippen LogP contribution in [0.5, 0.6) is 0 Å². The predicted molar refractivity (Wildman–Crippen MR) is 126 cm³/mol. The number of benzene rings is 2. The molecule has 4 nitrogen and oxygen atoms in total. The molecule has 0 aromatic heterocycles. The van der Waals surface area contributed by atoms with E-state index in [-0.39, 0.29) is 17.6 Å². The zero-order chi connectivity index (χ0) is 22.1. The molecule has 0 saturated carbocycles. The molecule has 2 aromatic rings. The van der Waals surface area contributed by atoms with Crippen LogP contribution in [0.4, 0.5) is 0 Å². The molecule has 0 spiro atoms. The maximum atomic E-state index is 12.1. The summed E-state index contributed by atoms with van der Waals surface area (Å²) in [4.78, 5) is 26.2. The Kier molecular flexibility index (Phi) is 8.84. The molecule has 2 aromatic carbocycles. The third kappa shape index (κ3) is 7.03. The summed E-state index contributed by atoms with van der Waals surface area (Å²) in [7, 11) is 0. The molecule has 1 aliphatic heterocycles. The number of carbonyl (C=O) groups excluding carboxylic acids is 2. The average Bonchev–Trinajstić information content (AvgIpc) is 2.81. The largest absolute Gasteiger partial charge is 0.369 e. The third-order valence-corrected chi connectivity index (χ3v) is 6.62. The van der Waals surface area contributed by atoms with Gasteiger partial charge in [-0.25, -0.2) is 0 Å². The number of Topliss-reactive ketones (excluding diaryl/α,β-unsaturated/α-hetero) is 1. The molecule has 0 radical (unpaired) electrons. The van der Waals surface area contributed by atoms with Gasteiger partial charge < -0.3 is 10.6 Å². The van der Waals surface area contributed by atoms with Gasteiger partial charge in [0, 0.05) is 12.0 Å². The van der Waals surface area contributed by atoms with Crippen LogP contribution in [0.1, 0.15) is 85.2 Å². The van der Waals surface area contributed by atoms with Crippen molar-refractivity contribution in [3.8, 4) is 0 Å². The first kappa shape index (κ1) is 23.2. The van der Waals surface area contributed by atoms with Crippen molar-refractivity contribution in [1.29, 1.82) is 0 Å². The van der Waals surface area contributed by atoms with Crippen LogP contribution in [0.25, 0.3) is 0 Å². The average molecular weight is 421 g/mol. The Morgan fingerprint density at radius 1 is 0.968 bits per heavy atom. The lowest BCUT2D eigenvalue weighted by Crippen LogP contribution is -2.33. The summed E-state index contributed by atoms with van der Waals surface area (Å²) >= 11 is 0. The van der Waals surface area contributed by atoms with Gasteiger partial charge >= 0.3 is 0 Å². The normalized spacial score (nSPS) is 16.2. The lowest BCUT2D eigenvalue weighted by Gasteiger charge is -2.32. The Morgan fingerprint density at radius 3 is 2.39 bits per heavy atom. The highest BCUT2D eigenvalue weighted by molar-refractivity contribution is 5.95. The van der Waals surface area contributed by atoms with Crippen LogP contribution in [-0.2, 0) is 4.79 Å². The van der Waals surface area contributed by atoms with Crippen molar-refractivity contribution in [2.75, 3.05) is 19.6 Å². The van der Waals surface area contributed by atoms with Crippen molar-refractivity contribution in [2.45, 2.75) is 63.7 Å². The van der Waals surface area contributed by atoms with Crippen LogP contribution >= 0.6 is 0 Å². The third-order valence-electron chi connectivity index (χ3n) is 6.62. The molecule has 1 amide bonds. The van der Waals surface area contributed by atoms with Gasteiger partial charge in [-0.05, 0) is 69.3 Å². The molecule has 1 fully saturated rings. The van der Waals surface area contributed by atoms with E-state index in [1.165, 1.54) is 31.2 Å². The van der Waals surface area contributed by atoms with Crippen molar-refractivity contribution >= 4 is 11.7 Å². The topological polar surface area (TPSA) is 63.4 Å². The van der Waals surface area contributed by atoms with E-state index in [1.54, 1.807) is 0 Å². The number of likely N-dealkylation sites (tertiary alicyclic amines) is 1. The standard InChI is InChI=1S/C27H36N2O2/c1-21(27(28)31)24-12-9-13-25(20-24)22-15-18-29(19-16-22)17-8-3-2-7-14-26(30)23-10-5-4-6-11-23/h4-6,9-13,20-22H,2-3,7-8,14-19H2,1H3,(H2,28,31). The molecule has 0 bridgehead atoms. The van der Waals surface area contributed by atoms with Gasteiger partial charge in [-0.2, -0.15) is 0 Å². The van der Waals surface area contributed by atoms with Gasteiger partial charge in [-0.1, -0.05) is 67.4 Å². The highest BCUT2D eigenvalue weighted by Gasteiger charge is 2.21. The molecular formula is C27H36N2O2. The quantitative estimate of drug-likeness (QED) is 0.397. The number of amides is 1. The Labute approximate surface area is 186 Å². The Hall–Kier alpha value is -2.46. The predicted octanol–water partition coefficient (Wildman–Crippen LogP) is 5.29. The van der Waals surface area contributed by atoms with Crippen molar-refractivity contribution < 1.29 is 9.59 Å². The number of hydrogen-bond acceptors (Lipinski definition) is 3. The van der Waals surface area contributed by atoms with E-state index >= 15 is 0 Å². The molecule has 31 heavy (non-hydrogen) atoms. The summed E-state index contributed by atoms with van der Waals surface area (Å²) in [6.07, 6.45) is 7.49. The van der Waals surface area contributed by atoms with Gasteiger partial charge in [0.05, 0.1) is 5.92 Å². The molecule has 1 unspecified atom stereocenters. The molecule has 1 saturated heterocycles. The number of nitrogens with zero attached hydrogens (tertiary/aromatic N) is 1. The second-order valence-electron chi connectivity index (χ2n) is 8.86. The summed E-state index contributed by atoms with van der Waals surface area (Å²) in [6, 6.07) is 18.0.